The minimum absolute atomic E-state index is 0.369. The van der Waals surface area contributed by atoms with E-state index in [4.69, 9.17) is 17.3 Å². The second-order valence-electron chi connectivity index (χ2n) is 2.49. The van der Waals surface area contributed by atoms with Gasteiger partial charge < -0.3 is 5.73 Å². The molecule has 0 unspecified atom stereocenters. The first kappa shape index (κ1) is 8.47. The van der Waals surface area contributed by atoms with Crippen molar-refractivity contribution in [1.82, 2.24) is 4.98 Å². The van der Waals surface area contributed by atoms with Crippen molar-refractivity contribution < 1.29 is 4.79 Å². The van der Waals surface area contributed by atoms with Gasteiger partial charge >= 0.3 is 0 Å². The van der Waals surface area contributed by atoms with E-state index in [1.165, 1.54) is 11.3 Å². The molecule has 0 radical (unpaired) electrons. The zero-order valence-electron chi connectivity index (χ0n) is 6.45. The lowest BCUT2D eigenvalue weighted by molar-refractivity contribution is 0.100. The average molecular weight is 213 g/mol. The van der Waals surface area contributed by atoms with Crippen LogP contribution < -0.4 is 5.73 Å². The largest absolute Gasteiger partial charge is 0.366 e. The fourth-order valence-corrected chi connectivity index (χ4v) is 2.10. The van der Waals surface area contributed by atoms with E-state index in [0.717, 1.165) is 4.70 Å². The molecule has 0 aliphatic carbocycles. The van der Waals surface area contributed by atoms with E-state index < -0.39 is 5.91 Å². The summed E-state index contributed by atoms with van der Waals surface area (Å²) in [5.41, 5.74) is 6.18. The third-order valence-electron chi connectivity index (χ3n) is 1.65. The van der Waals surface area contributed by atoms with Gasteiger partial charge in [-0.15, -0.1) is 11.3 Å². The number of thiophene rings is 1. The van der Waals surface area contributed by atoms with Crippen molar-refractivity contribution in [3.05, 3.63) is 28.2 Å². The lowest BCUT2D eigenvalue weighted by Gasteiger charge is -1.92. The van der Waals surface area contributed by atoms with Crippen LogP contribution in [0.4, 0.5) is 0 Å². The van der Waals surface area contributed by atoms with Crippen LogP contribution in [0.2, 0.25) is 5.15 Å². The number of pyridine rings is 1. The Bertz CT molecular complexity index is 480. The molecule has 2 N–H and O–H groups in total. The van der Waals surface area contributed by atoms with Crippen molar-refractivity contribution in [2.45, 2.75) is 0 Å². The van der Waals surface area contributed by atoms with Crippen LogP contribution in [0, 0.1) is 0 Å². The SMILES string of the molecule is NC(=O)c1csc2ccc(Cl)nc12. The third kappa shape index (κ3) is 1.38. The number of nitrogens with zero attached hydrogens (tertiary/aromatic N) is 1. The first-order valence-corrected chi connectivity index (χ1v) is 4.78. The first-order valence-electron chi connectivity index (χ1n) is 3.52. The molecule has 66 valence electrons. The van der Waals surface area contributed by atoms with Gasteiger partial charge in [-0.1, -0.05) is 11.6 Å². The van der Waals surface area contributed by atoms with Crippen LogP contribution >= 0.6 is 22.9 Å². The van der Waals surface area contributed by atoms with Crippen molar-refractivity contribution >= 4 is 39.1 Å². The molecule has 0 bridgehead atoms. The van der Waals surface area contributed by atoms with Crippen molar-refractivity contribution in [3.63, 3.8) is 0 Å². The number of hydrogen-bond acceptors (Lipinski definition) is 3. The second-order valence-corrected chi connectivity index (χ2v) is 3.79. The van der Waals surface area contributed by atoms with E-state index >= 15 is 0 Å². The smallest absolute Gasteiger partial charge is 0.251 e. The van der Waals surface area contributed by atoms with Crippen molar-refractivity contribution in [2.24, 2.45) is 5.73 Å². The number of carbonyl (C=O) groups is 1. The Morgan fingerprint density at radius 3 is 3.00 bits per heavy atom. The highest BCUT2D eigenvalue weighted by Gasteiger charge is 2.10. The monoisotopic (exact) mass is 212 g/mol. The maximum absolute atomic E-state index is 10.9. The number of hydrogen-bond donors (Lipinski definition) is 1. The summed E-state index contributed by atoms with van der Waals surface area (Å²) in [6.45, 7) is 0. The summed E-state index contributed by atoms with van der Waals surface area (Å²) in [6.07, 6.45) is 0. The van der Waals surface area contributed by atoms with E-state index in [0.29, 0.717) is 16.2 Å². The summed E-state index contributed by atoms with van der Waals surface area (Å²) in [4.78, 5) is 15.0. The molecule has 0 aliphatic heterocycles. The molecule has 0 fully saturated rings. The summed E-state index contributed by atoms with van der Waals surface area (Å²) >= 11 is 7.12. The van der Waals surface area contributed by atoms with Crippen LogP contribution in [0.5, 0.6) is 0 Å². The summed E-state index contributed by atoms with van der Waals surface area (Å²) in [5, 5.41) is 2.06. The van der Waals surface area contributed by atoms with E-state index in [2.05, 4.69) is 4.98 Å². The molecular weight excluding hydrogens is 208 g/mol. The van der Waals surface area contributed by atoms with Crippen molar-refractivity contribution in [2.75, 3.05) is 0 Å². The van der Waals surface area contributed by atoms with E-state index in [1.807, 2.05) is 6.07 Å². The van der Waals surface area contributed by atoms with Gasteiger partial charge in [-0.25, -0.2) is 4.98 Å². The van der Waals surface area contributed by atoms with E-state index in [1.54, 1.807) is 11.4 Å². The van der Waals surface area contributed by atoms with Gasteiger partial charge in [0.25, 0.3) is 5.91 Å². The standard InChI is InChI=1S/C8H5ClN2OS/c9-6-2-1-5-7(11-6)4(3-13-5)8(10)12/h1-3H,(H2,10,12). The van der Waals surface area contributed by atoms with Gasteiger partial charge in [0.05, 0.1) is 15.8 Å². The van der Waals surface area contributed by atoms with Crippen LogP contribution in [0.25, 0.3) is 10.2 Å². The van der Waals surface area contributed by atoms with E-state index in [-0.39, 0.29) is 0 Å². The predicted octanol–water partition coefficient (Wildman–Crippen LogP) is 2.05. The van der Waals surface area contributed by atoms with Crippen LogP contribution in [0.15, 0.2) is 17.5 Å². The van der Waals surface area contributed by atoms with Gasteiger partial charge in [0.15, 0.2) is 0 Å². The molecule has 0 aromatic carbocycles. The van der Waals surface area contributed by atoms with Gasteiger partial charge in [0.2, 0.25) is 0 Å². The molecule has 13 heavy (non-hydrogen) atoms. The fraction of sp³-hybridized carbons (Fsp3) is 0. The molecule has 0 saturated heterocycles. The third-order valence-corrected chi connectivity index (χ3v) is 2.80. The van der Waals surface area contributed by atoms with Gasteiger partial charge in [-0.3, -0.25) is 4.79 Å². The Morgan fingerprint density at radius 2 is 2.31 bits per heavy atom. The molecule has 2 aromatic rings. The Morgan fingerprint density at radius 1 is 1.54 bits per heavy atom. The molecule has 0 aliphatic rings. The highest BCUT2D eigenvalue weighted by Crippen LogP contribution is 2.25. The quantitative estimate of drug-likeness (QED) is 0.736. The minimum atomic E-state index is -0.471. The normalized spacial score (nSPS) is 10.5. The number of amides is 1. The first-order chi connectivity index (χ1) is 6.18. The number of aromatic nitrogens is 1. The molecule has 0 atom stereocenters. The van der Waals surface area contributed by atoms with Gasteiger partial charge in [-0.2, -0.15) is 0 Å². The Labute approximate surface area is 83.1 Å². The minimum Gasteiger partial charge on any atom is -0.366 e. The maximum Gasteiger partial charge on any atom is 0.251 e. The van der Waals surface area contributed by atoms with Crippen LogP contribution in [-0.4, -0.2) is 10.9 Å². The molecule has 2 heterocycles. The number of primary amides is 1. The Hall–Kier alpha value is -1.13. The fourth-order valence-electron chi connectivity index (χ4n) is 1.06. The van der Waals surface area contributed by atoms with Crippen LogP contribution in [-0.2, 0) is 0 Å². The summed E-state index contributed by atoms with van der Waals surface area (Å²) in [5.74, 6) is -0.471. The van der Waals surface area contributed by atoms with Gasteiger partial charge in [0.1, 0.15) is 5.15 Å². The summed E-state index contributed by atoms with van der Waals surface area (Å²) in [7, 11) is 0. The lowest BCUT2D eigenvalue weighted by Crippen LogP contribution is -2.10. The molecule has 2 aromatic heterocycles. The summed E-state index contributed by atoms with van der Waals surface area (Å²) < 4.78 is 0.915. The molecule has 5 heteroatoms. The molecule has 2 rings (SSSR count). The average Bonchev–Trinajstić information content (AvgIpc) is 2.46. The highest BCUT2D eigenvalue weighted by atomic mass is 35.5. The Balaban J connectivity index is 2.79. The van der Waals surface area contributed by atoms with Crippen LogP contribution in [0.1, 0.15) is 10.4 Å². The van der Waals surface area contributed by atoms with Crippen LogP contribution in [0.3, 0.4) is 0 Å². The lowest BCUT2D eigenvalue weighted by atomic mass is 10.2. The van der Waals surface area contributed by atoms with Crippen molar-refractivity contribution in [1.29, 1.82) is 0 Å². The highest BCUT2D eigenvalue weighted by molar-refractivity contribution is 7.17. The number of nitrogens with two attached hydrogens (primary N) is 1. The number of halogens is 1. The molecule has 3 nitrogen and oxygen atoms in total. The number of rotatable bonds is 1. The zero-order chi connectivity index (χ0) is 9.42. The molecule has 1 amide bonds. The predicted molar refractivity (Wildman–Crippen MR) is 53.1 cm³/mol. The zero-order valence-corrected chi connectivity index (χ0v) is 8.02. The topological polar surface area (TPSA) is 56.0 Å². The summed E-state index contributed by atoms with van der Waals surface area (Å²) in [6, 6.07) is 3.51. The number of carbonyl (C=O) groups excluding carboxylic acids is 1. The van der Waals surface area contributed by atoms with Crippen molar-refractivity contribution in [3.8, 4) is 0 Å². The van der Waals surface area contributed by atoms with Gasteiger partial charge in [-0.05, 0) is 12.1 Å². The molecule has 0 spiro atoms. The van der Waals surface area contributed by atoms with Gasteiger partial charge in [0, 0.05) is 5.38 Å². The Kier molecular flexibility index (Phi) is 1.94. The van der Waals surface area contributed by atoms with E-state index in [9.17, 15) is 4.79 Å². The molecular formula is C8H5ClN2OS. The number of fused-ring (bicyclic) bond motifs is 1. The second kappa shape index (κ2) is 2.97. The molecule has 0 saturated carbocycles. The maximum atomic E-state index is 10.9.